The van der Waals surface area contributed by atoms with Gasteiger partial charge in [0.05, 0.1) is 6.54 Å². The molecular weight excluding hydrogens is 214 g/mol. The van der Waals surface area contributed by atoms with Crippen LogP contribution in [0.5, 0.6) is 5.75 Å². The highest BCUT2D eigenvalue weighted by atomic mass is 16.3. The van der Waals surface area contributed by atoms with Crippen LogP contribution in [0.3, 0.4) is 0 Å². The monoisotopic (exact) mass is 229 g/mol. The second-order valence-corrected chi connectivity index (χ2v) is 4.11. The molecule has 1 heterocycles. The Kier molecular flexibility index (Phi) is 3.28. The molecule has 1 aromatic rings. The lowest BCUT2D eigenvalue weighted by Crippen LogP contribution is -2.32. The number of rotatable bonds is 3. The van der Waals surface area contributed by atoms with Gasteiger partial charge in [-0.2, -0.15) is 0 Å². The van der Waals surface area contributed by atoms with Crippen molar-refractivity contribution in [2.75, 3.05) is 6.54 Å². The predicted octanol–water partition coefficient (Wildman–Crippen LogP) is 2.35. The van der Waals surface area contributed by atoms with Crippen LogP contribution in [-0.2, 0) is 0 Å². The molecule has 0 aliphatic carbocycles. The summed E-state index contributed by atoms with van der Waals surface area (Å²) in [6.45, 7) is 2.36. The van der Waals surface area contributed by atoms with E-state index in [4.69, 9.17) is 0 Å². The quantitative estimate of drug-likeness (QED) is 0.809. The van der Waals surface area contributed by atoms with Crippen molar-refractivity contribution >= 4 is 5.78 Å². The second kappa shape index (κ2) is 4.87. The molecule has 1 N–H and O–H groups in total. The van der Waals surface area contributed by atoms with Gasteiger partial charge in [-0.3, -0.25) is 4.79 Å². The molecule has 1 atom stereocenters. The third-order valence-corrected chi connectivity index (χ3v) is 2.80. The number of carbonyl (C=O) groups excluding carboxylic acids is 1. The van der Waals surface area contributed by atoms with Crippen molar-refractivity contribution < 1.29 is 9.90 Å². The Balaban J connectivity index is 2.07. The highest BCUT2D eigenvalue weighted by Gasteiger charge is 2.14. The molecule has 17 heavy (non-hydrogen) atoms. The van der Waals surface area contributed by atoms with E-state index in [1.165, 1.54) is 6.07 Å². The lowest BCUT2D eigenvalue weighted by Gasteiger charge is -2.26. The second-order valence-electron chi connectivity index (χ2n) is 4.11. The maximum Gasteiger partial charge on any atom is 0.182 e. The summed E-state index contributed by atoms with van der Waals surface area (Å²) in [5.41, 5.74) is 0.542. The first-order valence-corrected chi connectivity index (χ1v) is 5.60. The van der Waals surface area contributed by atoms with Gasteiger partial charge in [0, 0.05) is 17.8 Å². The van der Waals surface area contributed by atoms with Crippen molar-refractivity contribution in [3.8, 4) is 5.75 Å². The van der Waals surface area contributed by atoms with Crippen molar-refractivity contribution in [1.82, 2.24) is 4.90 Å². The number of hydrogen-bond acceptors (Lipinski definition) is 3. The molecule has 0 spiro atoms. The summed E-state index contributed by atoms with van der Waals surface area (Å²) in [6, 6.07) is 6.68. The zero-order valence-corrected chi connectivity index (χ0v) is 9.71. The van der Waals surface area contributed by atoms with Gasteiger partial charge in [0.15, 0.2) is 5.78 Å². The minimum absolute atomic E-state index is 0.00713. The van der Waals surface area contributed by atoms with Crippen molar-refractivity contribution in [3.05, 3.63) is 54.3 Å². The first-order chi connectivity index (χ1) is 8.16. The highest BCUT2D eigenvalue weighted by Crippen LogP contribution is 2.14. The molecule has 0 radical (unpaired) electrons. The summed E-state index contributed by atoms with van der Waals surface area (Å²) >= 11 is 0. The molecule has 1 aliphatic rings. The summed E-state index contributed by atoms with van der Waals surface area (Å²) in [6.07, 6.45) is 7.83. The van der Waals surface area contributed by atoms with E-state index in [0.29, 0.717) is 12.1 Å². The van der Waals surface area contributed by atoms with Gasteiger partial charge in [0.25, 0.3) is 0 Å². The summed E-state index contributed by atoms with van der Waals surface area (Å²) in [5, 5.41) is 9.33. The average Bonchev–Trinajstić information content (AvgIpc) is 2.32. The third kappa shape index (κ3) is 2.75. The van der Waals surface area contributed by atoms with E-state index in [1.54, 1.807) is 18.2 Å². The Morgan fingerprint density at radius 1 is 1.41 bits per heavy atom. The fourth-order valence-electron chi connectivity index (χ4n) is 1.76. The molecule has 2 rings (SSSR count). The molecule has 1 unspecified atom stereocenters. The maximum absolute atomic E-state index is 12.0. The van der Waals surface area contributed by atoms with E-state index in [9.17, 15) is 9.90 Å². The number of phenolic OH excluding ortho intramolecular Hbond substituents is 1. The summed E-state index contributed by atoms with van der Waals surface area (Å²) in [4.78, 5) is 14.0. The topological polar surface area (TPSA) is 40.5 Å². The molecule has 1 aliphatic heterocycles. The molecule has 0 saturated heterocycles. The van der Waals surface area contributed by atoms with Crippen LogP contribution in [0.4, 0.5) is 0 Å². The molecule has 3 heteroatoms. The number of Topliss-reactive ketones (excluding diaryl/α,β-unsaturated/α-hetero) is 1. The van der Waals surface area contributed by atoms with Crippen LogP contribution in [0.15, 0.2) is 48.7 Å². The summed E-state index contributed by atoms with van der Waals surface area (Å²) in [7, 11) is 0. The molecular formula is C14H15NO2. The van der Waals surface area contributed by atoms with Crippen molar-refractivity contribution in [2.24, 2.45) is 0 Å². The first-order valence-electron chi connectivity index (χ1n) is 5.60. The van der Waals surface area contributed by atoms with Crippen LogP contribution < -0.4 is 0 Å². The van der Waals surface area contributed by atoms with E-state index in [1.807, 2.05) is 36.3 Å². The average molecular weight is 229 g/mol. The number of carbonyl (C=O) groups is 1. The van der Waals surface area contributed by atoms with Crippen LogP contribution in [0.1, 0.15) is 17.3 Å². The SMILES string of the molecule is CC1C=CC=CN1CC(=O)c1cccc(O)c1. The zero-order valence-electron chi connectivity index (χ0n) is 9.71. The standard InChI is InChI=1S/C14H15NO2/c1-11-5-2-3-8-15(11)10-14(17)12-6-4-7-13(16)9-12/h2-9,11,16H,10H2,1H3. The number of nitrogens with zero attached hydrogens (tertiary/aromatic N) is 1. The number of phenols is 1. The minimum Gasteiger partial charge on any atom is -0.508 e. The van der Waals surface area contributed by atoms with Gasteiger partial charge >= 0.3 is 0 Å². The van der Waals surface area contributed by atoms with Gasteiger partial charge in [0.1, 0.15) is 5.75 Å². The molecule has 0 saturated carbocycles. The van der Waals surface area contributed by atoms with Crippen molar-refractivity contribution in [2.45, 2.75) is 13.0 Å². The van der Waals surface area contributed by atoms with Gasteiger partial charge in [0.2, 0.25) is 0 Å². The van der Waals surface area contributed by atoms with Gasteiger partial charge in [-0.05, 0) is 25.1 Å². The van der Waals surface area contributed by atoms with E-state index in [2.05, 4.69) is 0 Å². The van der Waals surface area contributed by atoms with E-state index < -0.39 is 0 Å². The molecule has 1 aromatic carbocycles. The Morgan fingerprint density at radius 2 is 2.24 bits per heavy atom. The number of allylic oxidation sites excluding steroid dienone is 2. The molecule has 0 bridgehead atoms. The van der Waals surface area contributed by atoms with E-state index >= 15 is 0 Å². The smallest absolute Gasteiger partial charge is 0.182 e. The van der Waals surface area contributed by atoms with E-state index in [-0.39, 0.29) is 17.6 Å². The Labute approximate surface area is 101 Å². The number of ketones is 1. The van der Waals surface area contributed by atoms with Gasteiger partial charge in [-0.15, -0.1) is 0 Å². The van der Waals surface area contributed by atoms with Crippen molar-refractivity contribution in [3.63, 3.8) is 0 Å². The normalized spacial score (nSPS) is 18.4. The molecule has 0 fully saturated rings. The van der Waals surface area contributed by atoms with E-state index in [0.717, 1.165) is 0 Å². The lowest BCUT2D eigenvalue weighted by molar-refractivity contribution is 0.0946. The molecule has 88 valence electrons. The molecule has 3 nitrogen and oxygen atoms in total. The Morgan fingerprint density at radius 3 is 2.94 bits per heavy atom. The number of benzene rings is 1. The van der Waals surface area contributed by atoms with Crippen LogP contribution >= 0.6 is 0 Å². The van der Waals surface area contributed by atoms with Crippen LogP contribution in [-0.4, -0.2) is 28.4 Å². The Hall–Kier alpha value is -2.03. The third-order valence-electron chi connectivity index (χ3n) is 2.80. The Bertz CT molecular complexity index is 477. The number of aromatic hydroxyl groups is 1. The molecule has 0 aromatic heterocycles. The minimum atomic E-state index is 0.00713. The maximum atomic E-state index is 12.0. The largest absolute Gasteiger partial charge is 0.508 e. The van der Waals surface area contributed by atoms with Gasteiger partial charge < -0.3 is 10.0 Å². The van der Waals surface area contributed by atoms with Crippen LogP contribution in [0.2, 0.25) is 0 Å². The fraction of sp³-hybridized carbons (Fsp3) is 0.214. The van der Waals surface area contributed by atoms with Gasteiger partial charge in [-0.1, -0.05) is 24.3 Å². The fourth-order valence-corrected chi connectivity index (χ4v) is 1.76. The zero-order chi connectivity index (χ0) is 12.3. The predicted molar refractivity (Wildman–Crippen MR) is 66.9 cm³/mol. The van der Waals surface area contributed by atoms with Gasteiger partial charge in [-0.25, -0.2) is 0 Å². The number of hydrogen-bond donors (Lipinski definition) is 1. The summed E-state index contributed by atoms with van der Waals surface area (Å²) in [5.74, 6) is 0.130. The summed E-state index contributed by atoms with van der Waals surface area (Å²) < 4.78 is 0. The van der Waals surface area contributed by atoms with Crippen LogP contribution in [0.25, 0.3) is 0 Å². The highest BCUT2D eigenvalue weighted by molar-refractivity contribution is 5.98. The van der Waals surface area contributed by atoms with Crippen molar-refractivity contribution in [1.29, 1.82) is 0 Å². The lowest BCUT2D eigenvalue weighted by atomic mass is 10.1. The molecule has 0 amide bonds. The first kappa shape index (κ1) is 11.5. The van der Waals surface area contributed by atoms with Crippen LogP contribution in [0, 0.1) is 0 Å².